The summed E-state index contributed by atoms with van der Waals surface area (Å²) in [5.74, 6) is 0.813. The standard InChI is InChI=1S/C11H15Br2NS/c1-14-10(7-4-2-3-5-7)8-6-9(12)15-11(8)13/h6-7,10,14H,2-5H2,1H3. The normalized spacial score (nSPS) is 19.7. The molecule has 0 spiro atoms. The van der Waals surface area contributed by atoms with Gasteiger partial charge < -0.3 is 5.32 Å². The molecule has 1 aromatic rings. The van der Waals surface area contributed by atoms with Gasteiger partial charge in [-0.3, -0.25) is 0 Å². The smallest absolute Gasteiger partial charge is 0.0758 e. The van der Waals surface area contributed by atoms with E-state index in [1.54, 1.807) is 11.3 Å². The number of nitrogens with one attached hydrogen (secondary N) is 1. The minimum absolute atomic E-state index is 0.518. The molecule has 0 aromatic carbocycles. The Labute approximate surface area is 112 Å². The van der Waals surface area contributed by atoms with Crippen LogP contribution in [0.1, 0.15) is 37.3 Å². The highest BCUT2D eigenvalue weighted by Crippen LogP contribution is 2.42. The Morgan fingerprint density at radius 1 is 1.40 bits per heavy atom. The average Bonchev–Trinajstić information content (AvgIpc) is 2.79. The van der Waals surface area contributed by atoms with E-state index in [1.165, 1.54) is 38.8 Å². The van der Waals surface area contributed by atoms with Crippen molar-refractivity contribution in [3.63, 3.8) is 0 Å². The van der Waals surface area contributed by atoms with Crippen LogP contribution in [-0.4, -0.2) is 7.05 Å². The second-order valence-corrected chi connectivity index (χ2v) is 7.84. The lowest BCUT2D eigenvalue weighted by atomic mass is 9.94. The van der Waals surface area contributed by atoms with E-state index in [2.05, 4.69) is 50.3 Å². The molecule has 1 atom stereocenters. The summed E-state index contributed by atoms with van der Waals surface area (Å²) in [5, 5.41) is 3.47. The minimum atomic E-state index is 0.518. The Bertz CT molecular complexity index is 331. The van der Waals surface area contributed by atoms with Crippen molar-refractivity contribution in [2.45, 2.75) is 31.7 Å². The van der Waals surface area contributed by atoms with E-state index < -0.39 is 0 Å². The summed E-state index contributed by atoms with van der Waals surface area (Å²) in [6, 6.07) is 2.76. The second-order valence-electron chi connectivity index (χ2n) is 4.09. The van der Waals surface area contributed by atoms with Crippen LogP contribution in [0.5, 0.6) is 0 Å². The van der Waals surface area contributed by atoms with Gasteiger partial charge in [0.05, 0.1) is 7.57 Å². The zero-order chi connectivity index (χ0) is 10.8. The Morgan fingerprint density at radius 2 is 2.07 bits per heavy atom. The van der Waals surface area contributed by atoms with Crippen molar-refractivity contribution >= 4 is 43.2 Å². The average molecular weight is 353 g/mol. The van der Waals surface area contributed by atoms with Gasteiger partial charge in [-0.1, -0.05) is 12.8 Å². The van der Waals surface area contributed by atoms with Gasteiger partial charge >= 0.3 is 0 Å². The molecule has 0 amide bonds. The van der Waals surface area contributed by atoms with Crippen LogP contribution in [0.25, 0.3) is 0 Å². The first-order valence-corrected chi connectivity index (χ1v) is 7.74. The lowest BCUT2D eigenvalue weighted by Gasteiger charge is -2.22. The minimum Gasteiger partial charge on any atom is -0.313 e. The van der Waals surface area contributed by atoms with Crippen LogP contribution in [0, 0.1) is 5.92 Å². The Hall–Kier alpha value is 0.620. The molecular formula is C11H15Br2NS. The zero-order valence-corrected chi connectivity index (χ0v) is 12.7. The molecule has 0 radical (unpaired) electrons. The molecule has 1 unspecified atom stereocenters. The molecule has 2 rings (SSSR count). The molecule has 1 saturated carbocycles. The van der Waals surface area contributed by atoms with E-state index in [4.69, 9.17) is 0 Å². The SMILES string of the molecule is CNC(c1cc(Br)sc1Br)C1CCCC1. The summed E-state index contributed by atoms with van der Waals surface area (Å²) in [6.07, 6.45) is 5.52. The summed E-state index contributed by atoms with van der Waals surface area (Å²) >= 11 is 8.97. The van der Waals surface area contributed by atoms with Crippen molar-refractivity contribution in [2.24, 2.45) is 5.92 Å². The first-order chi connectivity index (χ1) is 7.22. The third-order valence-electron chi connectivity index (χ3n) is 3.20. The van der Waals surface area contributed by atoms with Gasteiger partial charge in [0.15, 0.2) is 0 Å². The van der Waals surface area contributed by atoms with Gasteiger partial charge in [-0.05, 0) is 69.3 Å². The molecule has 0 saturated heterocycles. The van der Waals surface area contributed by atoms with Gasteiger partial charge in [0, 0.05) is 6.04 Å². The Morgan fingerprint density at radius 3 is 2.53 bits per heavy atom. The van der Waals surface area contributed by atoms with Crippen molar-refractivity contribution in [2.75, 3.05) is 7.05 Å². The third-order valence-corrected chi connectivity index (χ3v) is 5.59. The van der Waals surface area contributed by atoms with E-state index >= 15 is 0 Å². The Kier molecular flexibility index (Phi) is 4.27. The van der Waals surface area contributed by atoms with Gasteiger partial charge in [0.25, 0.3) is 0 Å². The van der Waals surface area contributed by atoms with Crippen molar-refractivity contribution < 1.29 is 0 Å². The first kappa shape index (κ1) is 12.1. The lowest BCUT2D eigenvalue weighted by Crippen LogP contribution is -2.23. The lowest BCUT2D eigenvalue weighted by molar-refractivity contribution is 0.390. The maximum Gasteiger partial charge on any atom is 0.0758 e. The van der Waals surface area contributed by atoms with Crippen molar-refractivity contribution in [1.29, 1.82) is 0 Å². The zero-order valence-electron chi connectivity index (χ0n) is 8.72. The van der Waals surface area contributed by atoms with Crippen LogP contribution >= 0.6 is 43.2 Å². The van der Waals surface area contributed by atoms with Crippen LogP contribution in [0.3, 0.4) is 0 Å². The number of thiophene rings is 1. The molecule has 1 nitrogen and oxygen atoms in total. The highest BCUT2D eigenvalue weighted by Gasteiger charge is 2.27. The highest BCUT2D eigenvalue weighted by molar-refractivity contribution is 9.12. The van der Waals surface area contributed by atoms with Crippen molar-refractivity contribution in [1.82, 2.24) is 5.32 Å². The summed E-state index contributed by atoms with van der Waals surface area (Å²) in [6.45, 7) is 0. The second kappa shape index (κ2) is 5.30. The summed E-state index contributed by atoms with van der Waals surface area (Å²) in [5.41, 5.74) is 1.42. The predicted octanol–water partition coefficient (Wildman–Crippen LogP) is 4.72. The largest absolute Gasteiger partial charge is 0.313 e. The van der Waals surface area contributed by atoms with E-state index in [9.17, 15) is 0 Å². The molecule has 1 heterocycles. The third kappa shape index (κ3) is 2.65. The fraction of sp³-hybridized carbons (Fsp3) is 0.636. The van der Waals surface area contributed by atoms with E-state index in [0.29, 0.717) is 6.04 Å². The van der Waals surface area contributed by atoms with Crippen LogP contribution in [0.15, 0.2) is 13.6 Å². The van der Waals surface area contributed by atoms with E-state index in [1.807, 2.05) is 0 Å². The maximum absolute atomic E-state index is 3.65. The number of hydrogen-bond donors (Lipinski definition) is 1. The molecule has 1 fully saturated rings. The molecule has 1 aliphatic rings. The van der Waals surface area contributed by atoms with Gasteiger partial charge in [-0.25, -0.2) is 0 Å². The monoisotopic (exact) mass is 351 g/mol. The van der Waals surface area contributed by atoms with Crippen LogP contribution in [0.2, 0.25) is 0 Å². The number of hydrogen-bond acceptors (Lipinski definition) is 2. The summed E-state index contributed by atoms with van der Waals surface area (Å²) in [7, 11) is 2.07. The van der Waals surface area contributed by atoms with Crippen molar-refractivity contribution in [3.05, 3.63) is 19.2 Å². The number of halogens is 2. The molecule has 0 bridgehead atoms. The number of rotatable bonds is 3. The fourth-order valence-corrected chi connectivity index (χ4v) is 5.43. The van der Waals surface area contributed by atoms with Crippen molar-refractivity contribution in [3.8, 4) is 0 Å². The van der Waals surface area contributed by atoms with E-state index in [0.717, 1.165) is 5.92 Å². The molecule has 1 aliphatic carbocycles. The predicted molar refractivity (Wildman–Crippen MR) is 73.5 cm³/mol. The molecule has 1 aromatic heterocycles. The molecular weight excluding hydrogens is 338 g/mol. The summed E-state index contributed by atoms with van der Waals surface area (Å²) in [4.78, 5) is 0. The quantitative estimate of drug-likeness (QED) is 0.829. The molecule has 84 valence electrons. The molecule has 0 aliphatic heterocycles. The molecule has 1 N–H and O–H groups in total. The van der Waals surface area contributed by atoms with Crippen LogP contribution in [0.4, 0.5) is 0 Å². The van der Waals surface area contributed by atoms with Gasteiger partial charge in [-0.2, -0.15) is 0 Å². The van der Waals surface area contributed by atoms with Gasteiger partial charge in [0.2, 0.25) is 0 Å². The molecule has 15 heavy (non-hydrogen) atoms. The summed E-state index contributed by atoms with van der Waals surface area (Å²) < 4.78 is 2.48. The van der Waals surface area contributed by atoms with Gasteiger partial charge in [0.1, 0.15) is 0 Å². The van der Waals surface area contributed by atoms with Crippen LogP contribution < -0.4 is 5.32 Å². The highest BCUT2D eigenvalue weighted by atomic mass is 79.9. The first-order valence-electron chi connectivity index (χ1n) is 5.34. The maximum atomic E-state index is 3.65. The van der Waals surface area contributed by atoms with E-state index in [-0.39, 0.29) is 0 Å². The fourth-order valence-electron chi connectivity index (χ4n) is 2.50. The van der Waals surface area contributed by atoms with Gasteiger partial charge in [-0.15, -0.1) is 11.3 Å². The topological polar surface area (TPSA) is 12.0 Å². The van der Waals surface area contributed by atoms with Crippen LogP contribution in [-0.2, 0) is 0 Å². The Balaban J connectivity index is 2.21. The molecule has 4 heteroatoms.